The van der Waals surface area contributed by atoms with Crippen LogP contribution in [0.2, 0.25) is 0 Å². The van der Waals surface area contributed by atoms with E-state index in [4.69, 9.17) is 0 Å². The lowest BCUT2D eigenvalue weighted by molar-refractivity contribution is -0.141. The second kappa shape index (κ2) is 8.15. The van der Waals surface area contributed by atoms with E-state index in [0.29, 0.717) is 12.3 Å². The molecule has 0 atom stereocenters. The fourth-order valence-corrected chi connectivity index (χ4v) is 4.49. The van der Waals surface area contributed by atoms with E-state index in [2.05, 4.69) is 17.1 Å². The van der Waals surface area contributed by atoms with Crippen LogP contribution in [0.3, 0.4) is 0 Å². The van der Waals surface area contributed by atoms with Gasteiger partial charge in [-0.25, -0.2) is 0 Å². The van der Waals surface area contributed by atoms with Gasteiger partial charge >= 0.3 is 0 Å². The number of nitrogens with zero attached hydrogens (tertiary/aromatic N) is 2. The molecule has 0 unspecified atom stereocenters. The zero-order valence-corrected chi connectivity index (χ0v) is 16.0. The monoisotopic (exact) mass is 367 g/mol. The number of H-pyrrole nitrogens is 1. The Morgan fingerprint density at radius 3 is 2.48 bits per heavy atom. The van der Waals surface area contributed by atoms with Crippen molar-refractivity contribution in [2.24, 2.45) is 5.92 Å². The lowest BCUT2D eigenvalue weighted by atomic mass is 9.94. The number of aromatic amines is 1. The number of aromatic nitrogens is 1. The topological polar surface area (TPSA) is 56.4 Å². The molecule has 0 aliphatic carbocycles. The van der Waals surface area contributed by atoms with E-state index in [1.165, 1.54) is 17.4 Å². The molecule has 2 aliphatic rings. The minimum atomic E-state index is 0.112. The summed E-state index contributed by atoms with van der Waals surface area (Å²) < 4.78 is 0. The van der Waals surface area contributed by atoms with E-state index >= 15 is 0 Å². The standard InChI is InChI=1S/C22H29N3O2/c26-21(9-8-18-16-23-20-7-3-2-6-19(18)20)24-14-10-17(11-15-24)22(27)25-12-4-1-5-13-25/h2-3,6-7,16-17,23H,1,4-5,8-15H2. The van der Waals surface area contributed by atoms with Crippen LogP contribution < -0.4 is 0 Å². The lowest BCUT2D eigenvalue weighted by Crippen LogP contribution is -2.45. The minimum absolute atomic E-state index is 0.112. The third-order valence-electron chi connectivity index (χ3n) is 6.15. The van der Waals surface area contributed by atoms with Crippen molar-refractivity contribution in [1.29, 1.82) is 0 Å². The van der Waals surface area contributed by atoms with Crippen molar-refractivity contribution < 1.29 is 9.59 Å². The molecule has 3 heterocycles. The normalized spacial score (nSPS) is 18.8. The van der Waals surface area contributed by atoms with Crippen molar-refractivity contribution in [3.8, 4) is 0 Å². The molecule has 27 heavy (non-hydrogen) atoms. The third kappa shape index (κ3) is 4.02. The van der Waals surface area contributed by atoms with Crippen molar-refractivity contribution in [3.05, 3.63) is 36.0 Å². The Morgan fingerprint density at radius 1 is 0.963 bits per heavy atom. The first-order chi connectivity index (χ1) is 13.2. The summed E-state index contributed by atoms with van der Waals surface area (Å²) in [6.45, 7) is 3.28. The molecule has 1 N–H and O–H groups in total. The molecule has 2 saturated heterocycles. The molecule has 1 aromatic heterocycles. The van der Waals surface area contributed by atoms with E-state index in [1.807, 2.05) is 28.1 Å². The van der Waals surface area contributed by atoms with Gasteiger partial charge in [0.1, 0.15) is 0 Å². The number of fused-ring (bicyclic) bond motifs is 1. The molecular weight excluding hydrogens is 338 g/mol. The summed E-state index contributed by atoms with van der Waals surface area (Å²) in [5.74, 6) is 0.644. The SMILES string of the molecule is O=C(CCc1c[nH]c2ccccc12)N1CCC(C(=O)N2CCCCC2)CC1. The van der Waals surface area contributed by atoms with Crippen LogP contribution in [0.4, 0.5) is 0 Å². The molecule has 0 bridgehead atoms. The van der Waals surface area contributed by atoms with E-state index < -0.39 is 0 Å². The molecule has 2 fully saturated rings. The summed E-state index contributed by atoms with van der Waals surface area (Å²) in [4.78, 5) is 32.6. The van der Waals surface area contributed by atoms with Gasteiger partial charge in [0.25, 0.3) is 0 Å². The van der Waals surface area contributed by atoms with Crippen molar-refractivity contribution in [1.82, 2.24) is 14.8 Å². The number of nitrogens with one attached hydrogen (secondary N) is 1. The zero-order valence-electron chi connectivity index (χ0n) is 16.0. The number of hydrogen-bond donors (Lipinski definition) is 1. The van der Waals surface area contributed by atoms with Gasteiger partial charge in [-0.05, 0) is 50.2 Å². The number of carbonyl (C=O) groups excluding carboxylic acids is 2. The number of carbonyl (C=O) groups is 2. The summed E-state index contributed by atoms with van der Waals surface area (Å²) in [6, 6.07) is 8.21. The van der Waals surface area contributed by atoms with Gasteiger partial charge in [0.15, 0.2) is 0 Å². The van der Waals surface area contributed by atoms with Crippen LogP contribution >= 0.6 is 0 Å². The second-order valence-electron chi connectivity index (χ2n) is 7.90. The largest absolute Gasteiger partial charge is 0.361 e. The van der Waals surface area contributed by atoms with Crippen molar-refractivity contribution in [2.45, 2.75) is 44.9 Å². The summed E-state index contributed by atoms with van der Waals surface area (Å²) in [6.07, 6.45) is 8.45. The lowest BCUT2D eigenvalue weighted by Gasteiger charge is -2.35. The van der Waals surface area contributed by atoms with Gasteiger partial charge in [-0.2, -0.15) is 0 Å². The molecule has 5 heteroatoms. The van der Waals surface area contributed by atoms with Crippen LogP contribution in [-0.2, 0) is 16.0 Å². The fourth-order valence-electron chi connectivity index (χ4n) is 4.49. The van der Waals surface area contributed by atoms with Gasteiger partial charge in [0.05, 0.1) is 0 Å². The first-order valence-electron chi connectivity index (χ1n) is 10.3. The van der Waals surface area contributed by atoms with E-state index in [0.717, 1.165) is 63.8 Å². The molecule has 2 aromatic rings. The highest BCUT2D eigenvalue weighted by Gasteiger charge is 2.30. The number of aryl methyl sites for hydroxylation is 1. The maximum atomic E-state index is 12.7. The molecule has 0 saturated carbocycles. The summed E-state index contributed by atoms with van der Waals surface area (Å²) in [5.41, 5.74) is 2.33. The van der Waals surface area contributed by atoms with Gasteiger partial charge in [0.2, 0.25) is 11.8 Å². The Morgan fingerprint density at radius 2 is 1.70 bits per heavy atom. The van der Waals surface area contributed by atoms with Crippen LogP contribution in [0.5, 0.6) is 0 Å². The second-order valence-corrected chi connectivity index (χ2v) is 7.90. The number of likely N-dealkylation sites (tertiary alicyclic amines) is 2. The maximum Gasteiger partial charge on any atom is 0.225 e. The molecule has 0 radical (unpaired) electrons. The Labute approximate surface area is 160 Å². The van der Waals surface area contributed by atoms with E-state index in [-0.39, 0.29) is 11.8 Å². The quantitative estimate of drug-likeness (QED) is 0.901. The average Bonchev–Trinajstić information content (AvgIpc) is 3.15. The predicted molar refractivity (Wildman–Crippen MR) is 106 cm³/mol. The van der Waals surface area contributed by atoms with Crippen molar-refractivity contribution >= 4 is 22.7 Å². The van der Waals surface area contributed by atoms with Gasteiger partial charge < -0.3 is 14.8 Å². The molecule has 0 spiro atoms. The predicted octanol–water partition coefficient (Wildman–Crippen LogP) is 3.35. The smallest absolute Gasteiger partial charge is 0.225 e. The molecular formula is C22H29N3O2. The van der Waals surface area contributed by atoms with Gasteiger partial charge in [-0.3, -0.25) is 9.59 Å². The Bertz CT molecular complexity index is 799. The zero-order chi connectivity index (χ0) is 18.6. The highest BCUT2D eigenvalue weighted by atomic mass is 16.2. The highest BCUT2D eigenvalue weighted by molar-refractivity contribution is 5.84. The summed E-state index contributed by atoms with van der Waals surface area (Å²) in [7, 11) is 0. The summed E-state index contributed by atoms with van der Waals surface area (Å²) in [5, 5.41) is 1.20. The number of amides is 2. The van der Waals surface area contributed by atoms with Crippen LogP contribution in [0.25, 0.3) is 10.9 Å². The molecule has 4 rings (SSSR count). The average molecular weight is 367 g/mol. The Kier molecular flexibility index (Phi) is 5.46. The fraction of sp³-hybridized carbons (Fsp3) is 0.545. The number of piperidine rings is 2. The van der Waals surface area contributed by atoms with Crippen LogP contribution in [0.1, 0.15) is 44.1 Å². The number of rotatable bonds is 4. The third-order valence-corrected chi connectivity index (χ3v) is 6.15. The van der Waals surface area contributed by atoms with Gasteiger partial charge in [0, 0.05) is 55.6 Å². The number of para-hydroxylation sites is 1. The van der Waals surface area contributed by atoms with Crippen LogP contribution in [-0.4, -0.2) is 52.8 Å². The van der Waals surface area contributed by atoms with Gasteiger partial charge in [-0.15, -0.1) is 0 Å². The highest BCUT2D eigenvalue weighted by Crippen LogP contribution is 2.23. The summed E-state index contributed by atoms with van der Waals surface area (Å²) >= 11 is 0. The molecule has 144 valence electrons. The molecule has 5 nitrogen and oxygen atoms in total. The Balaban J connectivity index is 1.26. The van der Waals surface area contributed by atoms with E-state index in [9.17, 15) is 9.59 Å². The first kappa shape index (κ1) is 18.1. The van der Waals surface area contributed by atoms with Crippen molar-refractivity contribution in [3.63, 3.8) is 0 Å². The minimum Gasteiger partial charge on any atom is -0.361 e. The van der Waals surface area contributed by atoms with Crippen LogP contribution in [0, 0.1) is 5.92 Å². The first-order valence-corrected chi connectivity index (χ1v) is 10.3. The molecule has 2 aliphatic heterocycles. The van der Waals surface area contributed by atoms with Crippen LogP contribution in [0.15, 0.2) is 30.5 Å². The molecule has 1 aromatic carbocycles. The van der Waals surface area contributed by atoms with E-state index in [1.54, 1.807) is 0 Å². The maximum absolute atomic E-state index is 12.7. The number of hydrogen-bond acceptors (Lipinski definition) is 2. The molecule has 2 amide bonds. The van der Waals surface area contributed by atoms with Gasteiger partial charge in [-0.1, -0.05) is 18.2 Å². The Hall–Kier alpha value is -2.30. The number of benzene rings is 1. The van der Waals surface area contributed by atoms with Crippen molar-refractivity contribution in [2.75, 3.05) is 26.2 Å².